The largest absolute Gasteiger partial charge is 0.214 e. The molecule has 82 valence electrons. The summed E-state index contributed by atoms with van der Waals surface area (Å²) < 4.78 is 0. The van der Waals surface area contributed by atoms with E-state index >= 15 is 0 Å². The molecule has 1 heteroatoms. The molecule has 0 saturated carbocycles. The van der Waals surface area contributed by atoms with E-state index in [4.69, 9.17) is 0 Å². The third-order valence-electron chi connectivity index (χ3n) is 1.92. The van der Waals surface area contributed by atoms with Crippen molar-refractivity contribution in [2.24, 2.45) is 0 Å². The molecular weight excluding hydrogens is 224 g/mol. The molecule has 0 radical (unpaired) electrons. The van der Waals surface area contributed by atoms with Gasteiger partial charge in [-0.1, -0.05) is 34.9 Å². The van der Waals surface area contributed by atoms with E-state index in [1.54, 1.807) is 0 Å². The Bertz CT molecular complexity index is 293. The zero-order valence-electron chi connectivity index (χ0n) is 9.47. The van der Waals surface area contributed by atoms with Gasteiger partial charge in [0.15, 0.2) is 0 Å². The Morgan fingerprint density at radius 3 is 1.27 bits per heavy atom. The minimum atomic E-state index is 0. The Hall–Kier alpha value is -0.911. The summed E-state index contributed by atoms with van der Waals surface area (Å²) in [5.74, 6) is 0. The number of benzene rings is 1. The second-order valence-corrected chi connectivity index (χ2v) is 3.63. The quantitative estimate of drug-likeness (QED) is 0.482. The molecule has 0 bridgehead atoms. The van der Waals surface area contributed by atoms with E-state index in [9.17, 15) is 0 Å². The van der Waals surface area contributed by atoms with E-state index in [1.807, 2.05) is 30.3 Å². The number of hydrogen-bond donors (Lipinski definition) is 0. The van der Waals surface area contributed by atoms with Crippen molar-refractivity contribution in [3.8, 4) is 0 Å². The topological polar surface area (TPSA) is 0 Å². The van der Waals surface area contributed by atoms with E-state index in [2.05, 4.69) is 39.0 Å². The molecule has 15 heavy (non-hydrogen) atoms. The van der Waals surface area contributed by atoms with E-state index in [-0.39, 0.29) is 17.1 Å². The second-order valence-electron chi connectivity index (χ2n) is 3.63. The molecule has 2 aromatic carbocycles. The number of hydrogen-bond acceptors (Lipinski definition) is 0. The van der Waals surface area contributed by atoms with Gasteiger partial charge in [-0.3, -0.25) is 0 Å². The van der Waals surface area contributed by atoms with Crippen LogP contribution in [-0.4, -0.2) is 0 Å². The Morgan fingerprint density at radius 2 is 1.07 bits per heavy atom. The van der Waals surface area contributed by atoms with Crippen LogP contribution in [0.25, 0.3) is 0 Å². The van der Waals surface area contributed by atoms with Crippen molar-refractivity contribution in [3.63, 3.8) is 0 Å². The maximum atomic E-state index is 2.19. The molecule has 0 amide bonds. The predicted octanol–water partition coefficient (Wildman–Crippen LogP) is 4.01. The Morgan fingerprint density at radius 1 is 0.733 bits per heavy atom. The van der Waals surface area contributed by atoms with Gasteiger partial charge in [0.05, 0.1) is 0 Å². The maximum Gasteiger partial charge on any atom is 0 e. The summed E-state index contributed by atoms with van der Waals surface area (Å²) in [4.78, 5) is 0. The van der Waals surface area contributed by atoms with Crippen LogP contribution >= 0.6 is 0 Å². The average molecular weight is 241 g/mol. The summed E-state index contributed by atoms with van der Waals surface area (Å²) >= 11 is 0. The van der Waals surface area contributed by atoms with Crippen molar-refractivity contribution in [1.82, 2.24) is 0 Å². The maximum absolute atomic E-state index is 2.19. The van der Waals surface area contributed by atoms with Gasteiger partial charge >= 0.3 is 0 Å². The first-order valence-corrected chi connectivity index (χ1v) is 4.90. The van der Waals surface area contributed by atoms with Crippen molar-refractivity contribution in [3.05, 3.63) is 65.2 Å². The molecular formula is C14H17Fe-. The third-order valence-corrected chi connectivity index (χ3v) is 1.92. The molecule has 2 rings (SSSR count). The molecule has 2 aromatic rings. The number of aryl methyl sites for hydroxylation is 3. The van der Waals surface area contributed by atoms with Gasteiger partial charge in [0.1, 0.15) is 0 Å². The first kappa shape index (κ1) is 14.1. The fourth-order valence-electron chi connectivity index (χ4n) is 1.52. The molecule has 0 atom stereocenters. The van der Waals surface area contributed by atoms with Crippen LogP contribution in [0.1, 0.15) is 16.7 Å². The van der Waals surface area contributed by atoms with Gasteiger partial charge in [0.2, 0.25) is 0 Å². The van der Waals surface area contributed by atoms with Crippen LogP contribution in [0.2, 0.25) is 0 Å². The first-order valence-electron chi connectivity index (χ1n) is 4.90. The van der Waals surface area contributed by atoms with Crippen LogP contribution in [0.3, 0.4) is 0 Å². The second kappa shape index (κ2) is 7.39. The van der Waals surface area contributed by atoms with Crippen molar-refractivity contribution in [1.29, 1.82) is 0 Å². The van der Waals surface area contributed by atoms with Crippen molar-refractivity contribution in [2.45, 2.75) is 20.8 Å². The van der Waals surface area contributed by atoms with Gasteiger partial charge in [0, 0.05) is 17.1 Å². The fourth-order valence-corrected chi connectivity index (χ4v) is 1.52. The van der Waals surface area contributed by atoms with Gasteiger partial charge in [0.25, 0.3) is 0 Å². The minimum absolute atomic E-state index is 0. The summed E-state index contributed by atoms with van der Waals surface area (Å²) in [6.07, 6.45) is 0. The van der Waals surface area contributed by atoms with Gasteiger partial charge in [-0.05, 0) is 20.8 Å². The molecule has 0 aliphatic rings. The average Bonchev–Trinajstić information content (AvgIpc) is 2.56. The molecule has 0 saturated heterocycles. The van der Waals surface area contributed by atoms with Crippen LogP contribution < -0.4 is 0 Å². The van der Waals surface area contributed by atoms with Crippen LogP contribution in [0.4, 0.5) is 0 Å². The van der Waals surface area contributed by atoms with Crippen LogP contribution in [0.5, 0.6) is 0 Å². The molecule has 0 heterocycles. The van der Waals surface area contributed by atoms with Crippen molar-refractivity contribution in [2.75, 3.05) is 0 Å². The van der Waals surface area contributed by atoms with Gasteiger partial charge < -0.3 is 0 Å². The molecule has 0 unspecified atom stereocenters. The molecule has 0 spiro atoms. The van der Waals surface area contributed by atoms with Gasteiger partial charge in [-0.25, -0.2) is 12.1 Å². The molecule has 0 aliphatic heterocycles. The Balaban J connectivity index is 0.000000280. The smallest absolute Gasteiger partial charge is 0 e. The summed E-state index contributed by atoms with van der Waals surface area (Å²) in [7, 11) is 0. The molecule has 0 fully saturated rings. The van der Waals surface area contributed by atoms with E-state index in [1.165, 1.54) is 16.7 Å². The SMILES string of the molecule is Cc1cc(C)cc(C)c1.[Fe].c1cc[cH-]c1. The molecule has 0 nitrogen and oxygen atoms in total. The summed E-state index contributed by atoms with van der Waals surface area (Å²) in [6.45, 7) is 6.38. The van der Waals surface area contributed by atoms with E-state index in [0.29, 0.717) is 0 Å². The summed E-state index contributed by atoms with van der Waals surface area (Å²) in [5, 5.41) is 0. The minimum Gasteiger partial charge on any atom is -0.214 e. The van der Waals surface area contributed by atoms with Gasteiger partial charge in [-0.2, -0.15) is 18.2 Å². The monoisotopic (exact) mass is 241 g/mol. The predicted molar refractivity (Wildman–Crippen MR) is 62.7 cm³/mol. The standard InChI is InChI=1S/C9H12.C5H5.Fe/c1-7-4-8(2)6-9(3)5-7;1-2-4-5-3-1;/h4-6H,1-3H3;1-5H;/q;-1;. The molecule has 0 N–H and O–H groups in total. The van der Waals surface area contributed by atoms with E-state index < -0.39 is 0 Å². The first-order chi connectivity index (χ1) is 6.68. The van der Waals surface area contributed by atoms with Crippen molar-refractivity contribution >= 4 is 0 Å². The number of rotatable bonds is 0. The van der Waals surface area contributed by atoms with Crippen LogP contribution in [-0.2, 0) is 17.1 Å². The fraction of sp³-hybridized carbons (Fsp3) is 0.214. The zero-order valence-corrected chi connectivity index (χ0v) is 10.6. The zero-order chi connectivity index (χ0) is 10.4. The normalized spacial score (nSPS) is 8.47. The van der Waals surface area contributed by atoms with E-state index in [0.717, 1.165) is 0 Å². The van der Waals surface area contributed by atoms with Crippen molar-refractivity contribution < 1.29 is 17.1 Å². The molecule has 0 aliphatic carbocycles. The Labute approximate surface area is 103 Å². The molecule has 0 aromatic heterocycles. The summed E-state index contributed by atoms with van der Waals surface area (Å²) in [5.41, 5.74) is 4.06. The third kappa shape index (κ3) is 6.22. The van der Waals surface area contributed by atoms with Gasteiger partial charge in [-0.15, -0.1) is 0 Å². The summed E-state index contributed by atoms with van der Waals surface area (Å²) in [6, 6.07) is 16.6. The Kier molecular flexibility index (Phi) is 6.94. The van der Waals surface area contributed by atoms with Crippen LogP contribution in [0, 0.1) is 20.8 Å². The van der Waals surface area contributed by atoms with Crippen LogP contribution in [0.15, 0.2) is 48.5 Å².